The standard InChI is InChI=1S/C21H27N5O5/c1-3-30-18(27)10-11-22-21(29)19-16(13-26(25-19)17-9-4-5-12-31-17)24-20(28)15-8-6-7-14(2)23-15/h6-8,13,17H,3-5,9-12H2,1-2H3,(H,22,29)(H,24,28). The van der Waals surface area contributed by atoms with Crippen molar-refractivity contribution in [2.45, 2.75) is 45.8 Å². The van der Waals surface area contributed by atoms with Crippen LogP contribution in [0.25, 0.3) is 0 Å². The topological polar surface area (TPSA) is 124 Å². The Labute approximate surface area is 180 Å². The number of nitrogens with zero attached hydrogens (tertiary/aromatic N) is 3. The SMILES string of the molecule is CCOC(=O)CCNC(=O)c1nn(C2CCCCO2)cc1NC(=O)c1cccc(C)n1. The summed E-state index contributed by atoms with van der Waals surface area (Å²) in [5.41, 5.74) is 1.22. The van der Waals surface area contributed by atoms with Crippen molar-refractivity contribution in [1.82, 2.24) is 20.1 Å². The molecule has 1 unspecified atom stereocenters. The Hall–Kier alpha value is -3.27. The molecule has 1 fully saturated rings. The first-order valence-corrected chi connectivity index (χ1v) is 10.4. The van der Waals surface area contributed by atoms with Crippen LogP contribution in [0.3, 0.4) is 0 Å². The zero-order chi connectivity index (χ0) is 22.2. The summed E-state index contributed by atoms with van der Waals surface area (Å²) in [5, 5.41) is 9.73. The molecule has 2 amide bonds. The number of esters is 1. The van der Waals surface area contributed by atoms with E-state index in [2.05, 4.69) is 20.7 Å². The van der Waals surface area contributed by atoms with Crippen molar-refractivity contribution < 1.29 is 23.9 Å². The average Bonchev–Trinajstić information content (AvgIpc) is 3.18. The van der Waals surface area contributed by atoms with Gasteiger partial charge >= 0.3 is 5.97 Å². The molecular formula is C21H27N5O5. The lowest BCUT2D eigenvalue weighted by Gasteiger charge is -2.22. The predicted molar refractivity (Wildman–Crippen MR) is 112 cm³/mol. The summed E-state index contributed by atoms with van der Waals surface area (Å²) in [5.74, 6) is -1.36. The van der Waals surface area contributed by atoms with E-state index in [1.54, 1.807) is 42.9 Å². The van der Waals surface area contributed by atoms with Crippen LogP contribution in [0.5, 0.6) is 0 Å². The summed E-state index contributed by atoms with van der Waals surface area (Å²) in [6.07, 6.45) is 4.05. The Morgan fingerprint density at radius 2 is 2.10 bits per heavy atom. The van der Waals surface area contributed by atoms with Gasteiger partial charge in [-0.2, -0.15) is 5.10 Å². The molecule has 1 atom stereocenters. The molecule has 10 heteroatoms. The van der Waals surface area contributed by atoms with Crippen LogP contribution in [0.1, 0.15) is 65.5 Å². The van der Waals surface area contributed by atoms with E-state index in [0.717, 1.165) is 19.3 Å². The minimum atomic E-state index is -0.508. The number of aromatic nitrogens is 3. The molecule has 2 aromatic rings. The molecule has 0 aliphatic carbocycles. The number of anilines is 1. The van der Waals surface area contributed by atoms with Crippen LogP contribution in [-0.4, -0.2) is 52.3 Å². The van der Waals surface area contributed by atoms with Crippen LogP contribution in [0.2, 0.25) is 0 Å². The number of carbonyl (C=O) groups is 3. The number of amides is 2. The van der Waals surface area contributed by atoms with Gasteiger partial charge in [0, 0.05) is 18.8 Å². The third-order valence-corrected chi connectivity index (χ3v) is 4.69. The van der Waals surface area contributed by atoms with Gasteiger partial charge in [0.1, 0.15) is 11.9 Å². The van der Waals surface area contributed by atoms with Crippen LogP contribution in [0.4, 0.5) is 5.69 Å². The number of carbonyl (C=O) groups excluding carboxylic acids is 3. The van der Waals surface area contributed by atoms with E-state index >= 15 is 0 Å². The van der Waals surface area contributed by atoms with Gasteiger partial charge in [-0.05, 0) is 45.2 Å². The first-order valence-electron chi connectivity index (χ1n) is 10.4. The molecule has 1 aliphatic heterocycles. The number of rotatable bonds is 8. The van der Waals surface area contributed by atoms with Crippen molar-refractivity contribution in [3.63, 3.8) is 0 Å². The van der Waals surface area contributed by atoms with Gasteiger partial charge in [-0.3, -0.25) is 14.4 Å². The second kappa shape index (κ2) is 10.7. The van der Waals surface area contributed by atoms with E-state index in [1.165, 1.54) is 0 Å². The quantitative estimate of drug-likeness (QED) is 0.617. The molecule has 0 radical (unpaired) electrons. The third kappa shape index (κ3) is 6.11. The van der Waals surface area contributed by atoms with E-state index in [-0.39, 0.29) is 42.9 Å². The van der Waals surface area contributed by atoms with E-state index in [9.17, 15) is 14.4 Å². The van der Waals surface area contributed by atoms with Gasteiger partial charge < -0.3 is 20.1 Å². The second-order valence-corrected chi connectivity index (χ2v) is 7.12. The highest BCUT2D eigenvalue weighted by Gasteiger charge is 2.24. The molecule has 1 aliphatic rings. The molecular weight excluding hydrogens is 402 g/mol. The smallest absolute Gasteiger partial charge is 0.307 e. The lowest BCUT2D eigenvalue weighted by molar-refractivity contribution is -0.142. The molecule has 3 heterocycles. The molecule has 10 nitrogen and oxygen atoms in total. The van der Waals surface area contributed by atoms with Crippen molar-refractivity contribution in [2.24, 2.45) is 0 Å². The Balaban J connectivity index is 1.76. The minimum Gasteiger partial charge on any atom is -0.466 e. The second-order valence-electron chi connectivity index (χ2n) is 7.12. The molecule has 0 spiro atoms. The molecule has 166 valence electrons. The molecule has 2 N–H and O–H groups in total. The van der Waals surface area contributed by atoms with E-state index in [0.29, 0.717) is 12.3 Å². The highest BCUT2D eigenvalue weighted by atomic mass is 16.5. The van der Waals surface area contributed by atoms with Gasteiger partial charge in [-0.15, -0.1) is 0 Å². The van der Waals surface area contributed by atoms with E-state index < -0.39 is 17.8 Å². The highest BCUT2D eigenvalue weighted by Crippen LogP contribution is 2.25. The monoisotopic (exact) mass is 429 g/mol. The Kier molecular flexibility index (Phi) is 7.71. The maximum atomic E-state index is 12.7. The predicted octanol–water partition coefficient (Wildman–Crippen LogP) is 2.22. The van der Waals surface area contributed by atoms with Gasteiger partial charge in [0.05, 0.1) is 24.9 Å². The summed E-state index contributed by atoms with van der Waals surface area (Å²) >= 11 is 0. The van der Waals surface area contributed by atoms with Crippen molar-refractivity contribution in [3.8, 4) is 0 Å². The maximum absolute atomic E-state index is 12.7. The number of hydrogen-bond acceptors (Lipinski definition) is 7. The minimum absolute atomic E-state index is 0.0408. The number of hydrogen-bond donors (Lipinski definition) is 2. The van der Waals surface area contributed by atoms with Crippen molar-refractivity contribution in [1.29, 1.82) is 0 Å². The number of pyridine rings is 1. The van der Waals surface area contributed by atoms with Gasteiger partial charge in [-0.25, -0.2) is 9.67 Å². The maximum Gasteiger partial charge on any atom is 0.307 e. The first kappa shape index (κ1) is 22.4. The van der Waals surface area contributed by atoms with Gasteiger partial charge in [0.25, 0.3) is 11.8 Å². The number of ether oxygens (including phenoxy) is 2. The fourth-order valence-electron chi connectivity index (χ4n) is 3.18. The summed E-state index contributed by atoms with van der Waals surface area (Å²) in [6, 6.07) is 5.12. The van der Waals surface area contributed by atoms with Crippen molar-refractivity contribution >= 4 is 23.5 Å². The lowest BCUT2D eigenvalue weighted by Crippen LogP contribution is -2.28. The lowest BCUT2D eigenvalue weighted by atomic mass is 10.2. The van der Waals surface area contributed by atoms with Crippen LogP contribution < -0.4 is 10.6 Å². The average molecular weight is 429 g/mol. The Morgan fingerprint density at radius 1 is 1.26 bits per heavy atom. The zero-order valence-corrected chi connectivity index (χ0v) is 17.7. The summed E-state index contributed by atoms with van der Waals surface area (Å²) in [4.78, 5) is 41.1. The molecule has 0 bridgehead atoms. The highest BCUT2D eigenvalue weighted by molar-refractivity contribution is 6.07. The Bertz CT molecular complexity index is 936. The normalized spacial score (nSPS) is 15.9. The van der Waals surface area contributed by atoms with Crippen LogP contribution >= 0.6 is 0 Å². The largest absolute Gasteiger partial charge is 0.466 e. The molecule has 1 saturated heterocycles. The van der Waals surface area contributed by atoms with Gasteiger partial charge in [-0.1, -0.05) is 6.07 Å². The molecule has 2 aromatic heterocycles. The first-order chi connectivity index (χ1) is 15.0. The van der Waals surface area contributed by atoms with Crippen molar-refractivity contribution in [2.75, 3.05) is 25.1 Å². The molecule has 0 saturated carbocycles. The summed E-state index contributed by atoms with van der Waals surface area (Å²) < 4.78 is 12.2. The molecule has 31 heavy (non-hydrogen) atoms. The van der Waals surface area contributed by atoms with Gasteiger partial charge in [0.15, 0.2) is 5.69 Å². The summed E-state index contributed by atoms with van der Waals surface area (Å²) in [6.45, 7) is 4.49. The fourth-order valence-corrected chi connectivity index (χ4v) is 3.18. The van der Waals surface area contributed by atoms with E-state index in [1.807, 2.05) is 0 Å². The van der Waals surface area contributed by atoms with E-state index in [4.69, 9.17) is 9.47 Å². The zero-order valence-electron chi connectivity index (χ0n) is 17.7. The van der Waals surface area contributed by atoms with Crippen LogP contribution in [0.15, 0.2) is 24.4 Å². The fraction of sp³-hybridized carbons (Fsp3) is 0.476. The van der Waals surface area contributed by atoms with Crippen LogP contribution in [0, 0.1) is 6.92 Å². The number of nitrogens with one attached hydrogen (secondary N) is 2. The summed E-state index contributed by atoms with van der Waals surface area (Å²) in [7, 11) is 0. The number of aryl methyl sites for hydroxylation is 1. The Morgan fingerprint density at radius 3 is 2.81 bits per heavy atom. The molecule has 0 aromatic carbocycles. The van der Waals surface area contributed by atoms with Crippen molar-refractivity contribution in [3.05, 3.63) is 41.5 Å². The van der Waals surface area contributed by atoms with Crippen LogP contribution in [-0.2, 0) is 14.3 Å². The molecule has 3 rings (SSSR count). The van der Waals surface area contributed by atoms with Gasteiger partial charge in [0.2, 0.25) is 0 Å². The third-order valence-electron chi connectivity index (χ3n) is 4.69.